The molecule has 0 aliphatic heterocycles. The SMILES string of the molecule is Cc1cc(C)cc(S(=O)(=O)O[Si](c2ccccc2)(c2ccccc2)c2ccccc2)c1. The minimum absolute atomic E-state index is 0.185. The van der Waals surface area contributed by atoms with E-state index in [2.05, 4.69) is 0 Å². The Morgan fingerprint density at radius 3 is 1.29 bits per heavy atom. The van der Waals surface area contributed by atoms with Crippen LogP contribution in [0.1, 0.15) is 11.1 Å². The van der Waals surface area contributed by atoms with Crippen molar-refractivity contribution in [2.24, 2.45) is 0 Å². The summed E-state index contributed by atoms with van der Waals surface area (Å²) in [7, 11) is -7.41. The molecule has 0 fully saturated rings. The van der Waals surface area contributed by atoms with Gasteiger partial charge in [0.05, 0.1) is 4.90 Å². The molecule has 0 N–H and O–H groups in total. The molecular formula is C26H24O3SSi. The molecule has 4 aromatic carbocycles. The standard InChI is InChI=1S/C26H24O3SSi/c1-21-18-22(2)20-23(19-21)30(27,28)29-31(24-12-6-3-7-13-24,25-14-8-4-9-15-25)26-16-10-5-11-17-26/h3-20H,1-2H3. The number of rotatable bonds is 6. The zero-order valence-electron chi connectivity index (χ0n) is 17.5. The monoisotopic (exact) mass is 444 g/mol. The summed E-state index contributed by atoms with van der Waals surface area (Å²) in [6, 6.07) is 34.4. The van der Waals surface area contributed by atoms with Crippen molar-refractivity contribution in [3.05, 3.63) is 120 Å². The van der Waals surface area contributed by atoms with Crippen LogP contribution in [0.5, 0.6) is 0 Å². The summed E-state index contributed by atoms with van der Waals surface area (Å²) in [5.41, 5.74) is 1.77. The molecule has 4 aromatic rings. The van der Waals surface area contributed by atoms with Crippen LogP contribution < -0.4 is 15.6 Å². The van der Waals surface area contributed by atoms with Gasteiger partial charge in [-0.25, -0.2) is 0 Å². The lowest BCUT2D eigenvalue weighted by Gasteiger charge is -2.32. The third kappa shape index (κ3) is 4.25. The number of aryl methyl sites for hydroxylation is 2. The van der Waals surface area contributed by atoms with Crippen molar-refractivity contribution >= 4 is 34.0 Å². The van der Waals surface area contributed by atoms with Crippen molar-refractivity contribution in [3.63, 3.8) is 0 Å². The summed E-state index contributed by atoms with van der Waals surface area (Å²) >= 11 is 0. The zero-order valence-corrected chi connectivity index (χ0v) is 19.3. The predicted octanol–water partition coefficient (Wildman–Crippen LogP) is 3.68. The summed E-state index contributed by atoms with van der Waals surface area (Å²) in [4.78, 5) is 0.185. The molecule has 4 rings (SSSR count). The summed E-state index contributed by atoms with van der Waals surface area (Å²) in [6.07, 6.45) is 0. The van der Waals surface area contributed by atoms with Gasteiger partial charge in [0.15, 0.2) is 0 Å². The second-order valence-electron chi connectivity index (χ2n) is 7.64. The zero-order chi connectivity index (χ0) is 21.9. The molecule has 31 heavy (non-hydrogen) atoms. The molecule has 0 aromatic heterocycles. The maximum atomic E-state index is 13.7. The van der Waals surface area contributed by atoms with E-state index in [1.165, 1.54) is 0 Å². The van der Waals surface area contributed by atoms with E-state index < -0.39 is 18.4 Å². The normalized spacial score (nSPS) is 11.9. The van der Waals surface area contributed by atoms with E-state index >= 15 is 0 Å². The molecule has 0 atom stereocenters. The Morgan fingerprint density at radius 1 is 0.581 bits per heavy atom. The molecule has 0 saturated carbocycles. The summed E-state index contributed by atoms with van der Waals surface area (Å²) in [5.74, 6) is 0. The first kappa shape index (κ1) is 21.2. The van der Waals surface area contributed by atoms with Gasteiger partial charge in [-0.05, 0) is 52.7 Å². The molecule has 3 nitrogen and oxygen atoms in total. The molecule has 0 radical (unpaired) electrons. The van der Waals surface area contributed by atoms with Crippen LogP contribution in [0.25, 0.3) is 0 Å². The quantitative estimate of drug-likeness (QED) is 0.337. The molecule has 5 heteroatoms. The van der Waals surface area contributed by atoms with E-state index in [-0.39, 0.29) is 4.90 Å². The topological polar surface area (TPSA) is 43.4 Å². The van der Waals surface area contributed by atoms with Crippen LogP contribution in [-0.2, 0) is 14.0 Å². The highest BCUT2D eigenvalue weighted by Gasteiger charge is 2.46. The van der Waals surface area contributed by atoms with Crippen molar-refractivity contribution in [3.8, 4) is 0 Å². The van der Waals surface area contributed by atoms with Crippen LogP contribution >= 0.6 is 0 Å². The first-order chi connectivity index (χ1) is 14.9. The lowest BCUT2D eigenvalue weighted by molar-refractivity contribution is 0.493. The fourth-order valence-corrected chi connectivity index (χ4v) is 10.5. The highest BCUT2D eigenvalue weighted by Crippen LogP contribution is 2.21. The van der Waals surface area contributed by atoms with E-state index in [0.29, 0.717) is 0 Å². The van der Waals surface area contributed by atoms with Crippen molar-refractivity contribution in [2.75, 3.05) is 0 Å². The van der Waals surface area contributed by atoms with Gasteiger partial charge in [0.2, 0.25) is 0 Å². The number of hydrogen-bond donors (Lipinski definition) is 0. The third-order valence-corrected chi connectivity index (χ3v) is 11.4. The maximum absolute atomic E-state index is 13.7. The molecule has 0 saturated heterocycles. The molecule has 0 aliphatic rings. The van der Waals surface area contributed by atoms with Gasteiger partial charge in [-0.1, -0.05) is 97.1 Å². The highest BCUT2D eigenvalue weighted by atomic mass is 32.2. The average molecular weight is 445 g/mol. The summed E-state index contributed by atoms with van der Waals surface area (Å²) < 4.78 is 33.8. The van der Waals surface area contributed by atoms with Gasteiger partial charge in [0.1, 0.15) is 0 Å². The Bertz CT molecular complexity index is 1160. The molecule has 0 amide bonds. The number of hydrogen-bond acceptors (Lipinski definition) is 3. The van der Waals surface area contributed by atoms with Gasteiger partial charge in [0, 0.05) is 0 Å². The highest BCUT2D eigenvalue weighted by molar-refractivity contribution is 7.88. The second kappa shape index (κ2) is 8.63. The fraction of sp³-hybridized carbons (Fsp3) is 0.0769. The van der Waals surface area contributed by atoms with Crippen LogP contribution in [0.3, 0.4) is 0 Å². The molecule has 0 aliphatic carbocycles. The van der Waals surface area contributed by atoms with Crippen molar-refractivity contribution < 1.29 is 12.3 Å². The smallest absolute Gasteiger partial charge is 0.294 e. The first-order valence-electron chi connectivity index (χ1n) is 10.1. The number of benzene rings is 4. The van der Waals surface area contributed by atoms with Gasteiger partial charge in [-0.15, -0.1) is 0 Å². The van der Waals surface area contributed by atoms with Crippen molar-refractivity contribution in [1.82, 2.24) is 0 Å². The largest absolute Gasteiger partial charge is 0.310 e. The molecule has 156 valence electrons. The van der Waals surface area contributed by atoms with E-state index in [9.17, 15) is 8.42 Å². The average Bonchev–Trinajstić information content (AvgIpc) is 2.79. The van der Waals surface area contributed by atoms with Crippen molar-refractivity contribution in [2.45, 2.75) is 18.7 Å². The van der Waals surface area contributed by atoms with E-state index in [1.807, 2.05) is 111 Å². The lowest BCUT2D eigenvalue weighted by atomic mass is 10.2. The van der Waals surface area contributed by atoms with Gasteiger partial charge in [-0.3, -0.25) is 3.87 Å². The molecule has 0 spiro atoms. The van der Waals surface area contributed by atoms with E-state index in [4.69, 9.17) is 3.87 Å². The van der Waals surface area contributed by atoms with Crippen LogP contribution in [0.4, 0.5) is 0 Å². The van der Waals surface area contributed by atoms with E-state index in [1.54, 1.807) is 12.1 Å². The Balaban J connectivity index is 2.01. The van der Waals surface area contributed by atoms with Gasteiger partial charge in [0.25, 0.3) is 10.1 Å². The predicted molar refractivity (Wildman–Crippen MR) is 128 cm³/mol. The minimum Gasteiger partial charge on any atom is -0.294 e. The Morgan fingerprint density at radius 2 is 0.935 bits per heavy atom. The third-order valence-electron chi connectivity index (χ3n) is 5.26. The van der Waals surface area contributed by atoms with Crippen LogP contribution in [0.15, 0.2) is 114 Å². The Labute approximate surface area is 185 Å². The molecular weight excluding hydrogens is 420 g/mol. The van der Waals surface area contributed by atoms with Crippen LogP contribution in [-0.4, -0.2) is 16.7 Å². The summed E-state index contributed by atoms with van der Waals surface area (Å²) in [5, 5.41) is 2.63. The van der Waals surface area contributed by atoms with Gasteiger partial charge in [-0.2, -0.15) is 8.42 Å². The summed E-state index contributed by atoms with van der Waals surface area (Å²) in [6.45, 7) is 3.78. The lowest BCUT2D eigenvalue weighted by Crippen LogP contribution is -2.69. The second-order valence-corrected chi connectivity index (χ2v) is 12.8. The van der Waals surface area contributed by atoms with Crippen LogP contribution in [0, 0.1) is 13.8 Å². The Hall–Kier alpha value is -2.99. The Kier molecular flexibility index (Phi) is 5.91. The fourth-order valence-electron chi connectivity index (χ4n) is 3.95. The molecule has 0 heterocycles. The maximum Gasteiger partial charge on any atom is 0.310 e. The van der Waals surface area contributed by atoms with Gasteiger partial charge < -0.3 is 0 Å². The van der Waals surface area contributed by atoms with Gasteiger partial charge >= 0.3 is 8.32 Å². The molecule has 0 bridgehead atoms. The van der Waals surface area contributed by atoms with Crippen LogP contribution in [0.2, 0.25) is 0 Å². The van der Waals surface area contributed by atoms with Crippen molar-refractivity contribution in [1.29, 1.82) is 0 Å². The van der Waals surface area contributed by atoms with E-state index in [0.717, 1.165) is 26.7 Å². The first-order valence-corrected chi connectivity index (χ1v) is 13.4. The minimum atomic E-state index is -4.05. The molecule has 0 unspecified atom stereocenters.